The SMILES string of the molecule is CCN(CC(O)c1ccc(C)cc1)C(=O)C1CCCC(N)C1.Cl. The maximum absolute atomic E-state index is 12.7. The van der Waals surface area contributed by atoms with Crippen LogP contribution in [0.3, 0.4) is 0 Å². The Labute approximate surface area is 145 Å². The predicted octanol–water partition coefficient (Wildman–Crippen LogP) is 2.82. The van der Waals surface area contributed by atoms with Gasteiger partial charge in [0.25, 0.3) is 0 Å². The number of carbonyl (C=O) groups is 1. The topological polar surface area (TPSA) is 66.6 Å². The van der Waals surface area contributed by atoms with E-state index in [1.807, 2.05) is 38.1 Å². The molecule has 1 aromatic rings. The van der Waals surface area contributed by atoms with Crippen molar-refractivity contribution in [3.05, 3.63) is 35.4 Å². The van der Waals surface area contributed by atoms with E-state index in [2.05, 4.69) is 0 Å². The van der Waals surface area contributed by atoms with Crippen molar-refractivity contribution in [1.29, 1.82) is 0 Å². The fourth-order valence-corrected chi connectivity index (χ4v) is 3.19. The fourth-order valence-electron chi connectivity index (χ4n) is 3.19. The smallest absolute Gasteiger partial charge is 0.225 e. The molecule has 0 aromatic heterocycles. The van der Waals surface area contributed by atoms with Gasteiger partial charge in [-0.1, -0.05) is 36.2 Å². The Hall–Kier alpha value is -1.10. The van der Waals surface area contributed by atoms with E-state index in [1.165, 1.54) is 0 Å². The van der Waals surface area contributed by atoms with Gasteiger partial charge in [-0.05, 0) is 38.7 Å². The predicted molar refractivity (Wildman–Crippen MR) is 95.6 cm³/mol. The molecule has 3 N–H and O–H groups in total. The van der Waals surface area contributed by atoms with Gasteiger partial charge in [0, 0.05) is 18.5 Å². The first-order chi connectivity index (χ1) is 10.5. The molecule has 0 bridgehead atoms. The van der Waals surface area contributed by atoms with Crippen molar-refractivity contribution < 1.29 is 9.90 Å². The van der Waals surface area contributed by atoms with Crippen LogP contribution in [0.4, 0.5) is 0 Å². The quantitative estimate of drug-likeness (QED) is 0.866. The monoisotopic (exact) mass is 340 g/mol. The first kappa shape index (κ1) is 19.9. The number of hydrogen-bond donors (Lipinski definition) is 2. The summed E-state index contributed by atoms with van der Waals surface area (Å²) >= 11 is 0. The van der Waals surface area contributed by atoms with E-state index in [4.69, 9.17) is 5.73 Å². The molecular weight excluding hydrogens is 312 g/mol. The highest BCUT2D eigenvalue weighted by Crippen LogP contribution is 2.26. The van der Waals surface area contributed by atoms with Crippen molar-refractivity contribution in [3.8, 4) is 0 Å². The number of likely N-dealkylation sites (N-methyl/N-ethyl adjacent to an activating group) is 1. The summed E-state index contributed by atoms with van der Waals surface area (Å²) < 4.78 is 0. The fraction of sp³-hybridized carbons (Fsp3) is 0.611. The van der Waals surface area contributed by atoms with Crippen LogP contribution in [0.5, 0.6) is 0 Å². The van der Waals surface area contributed by atoms with E-state index < -0.39 is 6.10 Å². The molecule has 3 unspecified atom stereocenters. The first-order valence-corrected chi connectivity index (χ1v) is 8.30. The second kappa shape index (κ2) is 9.26. The summed E-state index contributed by atoms with van der Waals surface area (Å²) in [6, 6.07) is 7.96. The molecule has 0 aliphatic heterocycles. The van der Waals surface area contributed by atoms with E-state index in [0.29, 0.717) is 13.1 Å². The molecule has 1 aromatic carbocycles. The number of carbonyl (C=O) groups excluding carboxylic acids is 1. The van der Waals surface area contributed by atoms with Crippen molar-refractivity contribution >= 4 is 18.3 Å². The van der Waals surface area contributed by atoms with Crippen molar-refractivity contribution in [2.45, 2.75) is 51.7 Å². The average molecular weight is 341 g/mol. The Morgan fingerprint density at radius 1 is 1.35 bits per heavy atom. The van der Waals surface area contributed by atoms with Crippen LogP contribution < -0.4 is 5.73 Å². The van der Waals surface area contributed by atoms with E-state index in [9.17, 15) is 9.90 Å². The Bertz CT molecular complexity index is 492. The van der Waals surface area contributed by atoms with E-state index >= 15 is 0 Å². The number of aryl methyl sites for hydroxylation is 1. The highest BCUT2D eigenvalue weighted by atomic mass is 35.5. The molecule has 0 saturated heterocycles. The average Bonchev–Trinajstić information content (AvgIpc) is 2.52. The molecule has 23 heavy (non-hydrogen) atoms. The number of nitrogens with two attached hydrogens (primary N) is 1. The molecule has 1 aliphatic carbocycles. The zero-order chi connectivity index (χ0) is 16.1. The van der Waals surface area contributed by atoms with Gasteiger partial charge < -0.3 is 15.7 Å². The Morgan fingerprint density at radius 2 is 2.00 bits per heavy atom. The molecule has 2 rings (SSSR count). The van der Waals surface area contributed by atoms with Crippen molar-refractivity contribution in [1.82, 2.24) is 4.90 Å². The van der Waals surface area contributed by atoms with Crippen molar-refractivity contribution in [2.75, 3.05) is 13.1 Å². The summed E-state index contributed by atoms with van der Waals surface area (Å²) in [4.78, 5) is 14.4. The minimum Gasteiger partial charge on any atom is -0.387 e. The lowest BCUT2D eigenvalue weighted by atomic mass is 9.85. The summed E-state index contributed by atoms with van der Waals surface area (Å²) in [6.07, 6.45) is 3.10. The van der Waals surface area contributed by atoms with Gasteiger partial charge in [-0.25, -0.2) is 0 Å². The summed E-state index contributed by atoms with van der Waals surface area (Å²) in [5, 5.41) is 10.4. The lowest BCUT2D eigenvalue weighted by Gasteiger charge is -2.32. The summed E-state index contributed by atoms with van der Waals surface area (Å²) in [5.74, 6) is 0.165. The highest BCUT2D eigenvalue weighted by molar-refractivity contribution is 5.85. The molecule has 0 spiro atoms. The minimum atomic E-state index is -0.637. The van der Waals surface area contributed by atoms with Gasteiger partial charge in [-0.3, -0.25) is 4.79 Å². The maximum Gasteiger partial charge on any atom is 0.225 e. The van der Waals surface area contributed by atoms with Crippen LogP contribution in [0.1, 0.15) is 49.8 Å². The van der Waals surface area contributed by atoms with Gasteiger partial charge >= 0.3 is 0 Å². The molecule has 4 nitrogen and oxygen atoms in total. The summed E-state index contributed by atoms with van der Waals surface area (Å²) in [5.41, 5.74) is 8.01. The number of amides is 1. The molecule has 130 valence electrons. The lowest BCUT2D eigenvalue weighted by Crippen LogP contribution is -2.42. The van der Waals surface area contributed by atoms with Gasteiger partial charge in [0.15, 0.2) is 0 Å². The zero-order valence-electron chi connectivity index (χ0n) is 14.1. The van der Waals surface area contributed by atoms with E-state index in [-0.39, 0.29) is 30.3 Å². The largest absolute Gasteiger partial charge is 0.387 e. The van der Waals surface area contributed by atoms with Crippen LogP contribution in [0, 0.1) is 12.8 Å². The van der Waals surface area contributed by atoms with Crippen molar-refractivity contribution in [3.63, 3.8) is 0 Å². The molecule has 1 saturated carbocycles. The third-order valence-corrected chi connectivity index (χ3v) is 4.61. The number of halogens is 1. The Balaban J connectivity index is 0.00000264. The molecular formula is C18H29ClN2O2. The van der Waals surface area contributed by atoms with Gasteiger partial charge in [-0.15, -0.1) is 12.4 Å². The molecule has 1 fully saturated rings. The lowest BCUT2D eigenvalue weighted by molar-refractivity contribution is -0.138. The molecule has 3 atom stereocenters. The third-order valence-electron chi connectivity index (χ3n) is 4.61. The zero-order valence-corrected chi connectivity index (χ0v) is 14.9. The van der Waals surface area contributed by atoms with Gasteiger partial charge in [0.1, 0.15) is 0 Å². The second-order valence-electron chi connectivity index (χ2n) is 6.43. The molecule has 1 aliphatic rings. The molecule has 0 radical (unpaired) electrons. The summed E-state index contributed by atoms with van der Waals surface area (Å²) in [6.45, 7) is 4.95. The third kappa shape index (κ3) is 5.48. The molecule has 5 heteroatoms. The van der Waals surface area contributed by atoms with E-state index in [0.717, 1.165) is 36.8 Å². The van der Waals surface area contributed by atoms with Crippen LogP contribution in [-0.4, -0.2) is 35.0 Å². The minimum absolute atomic E-state index is 0. The Morgan fingerprint density at radius 3 is 2.57 bits per heavy atom. The van der Waals surface area contributed by atoms with E-state index in [1.54, 1.807) is 4.90 Å². The van der Waals surface area contributed by atoms with Gasteiger partial charge in [-0.2, -0.15) is 0 Å². The van der Waals surface area contributed by atoms with Crippen LogP contribution in [0.2, 0.25) is 0 Å². The normalized spacial score (nSPS) is 22.1. The van der Waals surface area contributed by atoms with Gasteiger partial charge in [0.05, 0.1) is 12.6 Å². The van der Waals surface area contributed by atoms with Gasteiger partial charge in [0.2, 0.25) is 5.91 Å². The maximum atomic E-state index is 12.7. The second-order valence-corrected chi connectivity index (χ2v) is 6.43. The number of hydrogen-bond acceptors (Lipinski definition) is 3. The van der Waals surface area contributed by atoms with Crippen LogP contribution in [0.25, 0.3) is 0 Å². The number of benzene rings is 1. The number of nitrogens with zero attached hydrogens (tertiary/aromatic N) is 1. The number of aliphatic hydroxyl groups excluding tert-OH is 1. The Kier molecular flexibility index (Phi) is 8.03. The summed E-state index contributed by atoms with van der Waals surface area (Å²) in [7, 11) is 0. The molecule has 1 amide bonds. The first-order valence-electron chi connectivity index (χ1n) is 8.30. The van der Waals surface area contributed by atoms with Crippen LogP contribution in [-0.2, 0) is 4.79 Å². The van der Waals surface area contributed by atoms with Crippen LogP contribution in [0.15, 0.2) is 24.3 Å². The molecule has 0 heterocycles. The standard InChI is InChI=1S/C18H28N2O2.ClH/c1-3-20(18(22)15-5-4-6-16(19)11-15)12-17(21)14-9-7-13(2)8-10-14;/h7-10,15-17,21H,3-6,11-12,19H2,1-2H3;1H. The van der Waals surface area contributed by atoms with Crippen molar-refractivity contribution in [2.24, 2.45) is 11.7 Å². The highest BCUT2D eigenvalue weighted by Gasteiger charge is 2.29. The number of rotatable bonds is 5. The van der Waals surface area contributed by atoms with Crippen LogP contribution >= 0.6 is 12.4 Å². The number of aliphatic hydroxyl groups is 1.